The summed E-state index contributed by atoms with van der Waals surface area (Å²) in [6, 6.07) is 0. The van der Waals surface area contributed by atoms with E-state index in [0.717, 1.165) is 0 Å². The fourth-order valence-corrected chi connectivity index (χ4v) is 4.82. The molecule has 2 saturated heterocycles. The second-order valence-electron chi connectivity index (χ2n) is 10.7. The normalized spacial score (nSPS) is 32.4. The molecular weight excluding hydrogens is 592 g/mol. The van der Waals surface area contributed by atoms with Crippen LogP contribution in [0.4, 0.5) is 0 Å². The number of hydrogen-bond donors (Lipinski definition) is 10. The number of aromatic nitrogens is 6. The molecule has 4 heterocycles. The number of nitrogens with zero attached hydrogens (tertiary/aromatic N) is 6. The molecule has 2 amide bonds. The van der Waals surface area contributed by atoms with Gasteiger partial charge in [-0.05, 0) is 25.7 Å². The molecule has 0 bridgehead atoms. The molecule has 10 atom stereocenters. The van der Waals surface area contributed by atoms with Crippen molar-refractivity contribution >= 4 is 11.8 Å². The predicted molar refractivity (Wildman–Crippen MR) is 141 cm³/mol. The number of unbranched alkanes of at least 4 members (excludes halogenated alkanes) is 1. The first-order chi connectivity index (χ1) is 21.0. The molecule has 2 aliphatic rings. The van der Waals surface area contributed by atoms with Gasteiger partial charge in [-0.25, -0.2) is 9.36 Å². The summed E-state index contributed by atoms with van der Waals surface area (Å²) in [5.41, 5.74) is 1.25. The van der Waals surface area contributed by atoms with E-state index in [1.165, 1.54) is 9.36 Å². The molecule has 2 aromatic rings. The van der Waals surface area contributed by atoms with E-state index < -0.39 is 86.3 Å². The zero-order valence-corrected chi connectivity index (χ0v) is 23.5. The molecule has 2 aromatic heterocycles. The second kappa shape index (κ2) is 15.2. The lowest BCUT2D eigenvalue weighted by Crippen LogP contribution is -2.63. The monoisotopic (exact) mass is 630 g/mol. The van der Waals surface area contributed by atoms with E-state index in [9.17, 15) is 50.4 Å². The molecule has 20 nitrogen and oxygen atoms in total. The minimum Gasteiger partial charge on any atom is -0.394 e. The molecule has 2 fully saturated rings. The molecule has 0 unspecified atom stereocenters. The van der Waals surface area contributed by atoms with Gasteiger partial charge in [-0.3, -0.25) is 9.59 Å². The van der Waals surface area contributed by atoms with Crippen LogP contribution in [0.3, 0.4) is 0 Å². The molecule has 246 valence electrons. The zero-order chi connectivity index (χ0) is 32.0. The number of ether oxygens (including phenoxy) is 2. The van der Waals surface area contributed by atoms with Crippen molar-refractivity contribution in [2.75, 3.05) is 13.2 Å². The van der Waals surface area contributed by atoms with Crippen LogP contribution < -0.4 is 10.6 Å². The van der Waals surface area contributed by atoms with Crippen molar-refractivity contribution in [3.8, 4) is 0 Å². The van der Waals surface area contributed by atoms with Crippen LogP contribution >= 0.6 is 0 Å². The van der Waals surface area contributed by atoms with Crippen LogP contribution in [0, 0.1) is 0 Å². The molecule has 0 aromatic carbocycles. The molecule has 44 heavy (non-hydrogen) atoms. The molecule has 10 N–H and O–H groups in total. The summed E-state index contributed by atoms with van der Waals surface area (Å²) in [7, 11) is 0. The summed E-state index contributed by atoms with van der Waals surface area (Å²) in [6.07, 6.45) is -8.82. The number of nitrogens with one attached hydrogen (secondary N) is 2. The Morgan fingerprint density at radius 2 is 1.05 bits per heavy atom. The molecule has 0 aliphatic carbocycles. The maximum absolute atomic E-state index is 12.4. The van der Waals surface area contributed by atoms with Gasteiger partial charge in [0, 0.05) is 12.4 Å². The number of carbonyl (C=O) groups is 2. The smallest absolute Gasteiger partial charge is 0.243 e. The third kappa shape index (κ3) is 8.29. The number of hydrogen-bond acceptors (Lipinski definition) is 16. The Hall–Kier alpha value is -3.18. The Kier molecular flexibility index (Phi) is 11.6. The maximum atomic E-state index is 12.4. The lowest BCUT2D eigenvalue weighted by Gasteiger charge is -2.40. The Morgan fingerprint density at radius 1 is 0.659 bits per heavy atom. The van der Waals surface area contributed by atoms with E-state index in [4.69, 9.17) is 9.47 Å². The van der Waals surface area contributed by atoms with Crippen molar-refractivity contribution in [1.29, 1.82) is 0 Å². The van der Waals surface area contributed by atoms with Crippen LogP contribution in [-0.2, 0) is 45.0 Å². The summed E-state index contributed by atoms with van der Waals surface area (Å²) >= 11 is 0. The standard InChI is InChI=1S/C24H38N8O12/c33-9-13-17(37)19(39)21(41)23(43-13)25-15(35)7-31-5-11(27-29-31)3-1-2-4-12-6-32(30-28-12)8-16(36)26-24-22(42)20(40)18(38)14(10-34)44-24/h5-6,13-14,17-24,33-34,37-42H,1-4,7-10H2,(H,25,35)(H,26,36)/t13-,14-,17-,18-,19+,20+,21-,22-,23-,24-/m1/s1. The number of aryl methyl sites for hydroxylation is 2. The fourth-order valence-electron chi connectivity index (χ4n) is 4.82. The van der Waals surface area contributed by atoms with Crippen LogP contribution in [0.1, 0.15) is 24.2 Å². The highest BCUT2D eigenvalue weighted by molar-refractivity contribution is 5.76. The quantitative estimate of drug-likeness (QED) is 0.0920. The fraction of sp³-hybridized carbons (Fsp3) is 0.750. The van der Waals surface area contributed by atoms with Crippen LogP contribution in [0.15, 0.2) is 12.4 Å². The highest BCUT2D eigenvalue weighted by atomic mass is 16.6. The zero-order valence-electron chi connectivity index (χ0n) is 23.5. The van der Waals surface area contributed by atoms with E-state index in [1.807, 2.05) is 0 Å². The molecule has 4 rings (SSSR count). The van der Waals surface area contributed by atoms with Crippen LogP contribution in [0.2, 0.25) is 0 Å². The molecule has 2 aliphatic heterocycles. The Bertz CT molecular complexity index is 1140. The number of rotatable bonds is 13. The van der Waals surface area contributed by atoms with Gasteiger partial charge in [-0.1, -0.05) is 10.4 Å². The number of carbonyl (C=O) groups excluding carboxylic acids is 2. The summed E-state index contributed by atoms with van der Waals surface area (Å²) < 4.78 is 13.1. The number of aliphatic hydroxyl groups is 8. The summed E-state index contributed by atoms with van der Waals surface area (Å²) in [5, 5.41) is 98.7. The number of amides is 2. The summed E-state index contributed by atoms with van der Waals surface area (Å²) in [4.78, 5) is 24.8. The largest absolute Gasteiger partial charge is 0.394 e. The Morgan fingerprint density at radius 3 is 1.41 bits per heavy atom. The third-order valence-corrected chi connectivity index (χ3v) is 7.29. The Balaban J connectivity index is 1.15. The van der Waals surface area contributed by atoms with E-state index in [2.05, 4.69) is 31.3 Å². The van der Waals surface area contributed by atoms with Crippen molar-refractivity contribution in [2.24, 2.45) is 0 Å². The molecule has 20 heteroatoms. The highest BCUT2D eigenvalue weighted by Gasteiger charge is 2.45. The van der Waals surface area contributed by atoms with Crippen LogP contribution in [0.25, 0.3) is 0 Å². The van der Waals surface area contributed by atoms with Gasteiger partial charge in [0.15, 0.2) is 12.5 Å². The third-order valence-electron chi connectivity index (χ3n) is 7.29. The first kappa shape index (κ1) is 33.7. The number of aliphatic hydroxyl groups excluding tert-OH is 8. The van der Waals surface area contributed by atoms with Crippen molar-refractivity contribution in [2.45, 2.75) is 100 Å². The van der Waals surface area contributed by atoms with Gasteiger partial charge in [0.2, 0.25) is 11.8 Å². The molecule has 0 radical (unpaired) electrons. The minimum absolute atomic E-state index is 0.255. The maximum Gasteiger partial charge on any atom is 0.243 e. The second-order valence-corrected chi connectivity index (χ2v) is 10.7. The van der Waals surface area contributed by atoms with Crippen LogP contribution in [0.5, 0.6) is 0 Å². The highest BCUT2D eigenvalue weighted by Crippen LogP contribution is 2.21. The van der Waals surface area contributed by atoms with Crippen molar-refractivity contribution < 1.29 is 59.9 Å². The van der Waals surface area contributed by atoms with Crippen molar-refractivity contribution in [3.63, 3.8) is 0 Å². The van der Waals surface area contributed by atoms with Gasteiger partial charge in [-0.2, -0.15) is 0 Å². The van der Waals surface area contributed by atoms with Crippen molar-refractivity contribution in [3.05, 3.63) is 23.8 Å². The summed E-state index contributed by atoms with van der Waals surface area (Å²) in [6.45, 7) is -1.74. The van der Waals surface area contributed by atoms with Gasteiger partial charge in [0.05, 0.1) is 24.6 Å². The van der Waals surface area contributed by atoms with Gasteiger partial charge >= 0.3 is 0 Å². The van der Waals surface area contributed by atoms with Crippen LogP contribution in [-0.4, -0.2) is 157 Å². The van der Waals surface area contributed by atoms with Gasteiger partial charge in [0.1, 0.15) is 61.9 Å². The SMILES string of the molecule is O=C(Cn1cc(CCCCc2cn(CC(=O)N[C@@H]3O[C@H](CO)[C@@H](O)[C@H](O)[C@H]3O)nn2)nn1)N[C@@H]1O[C@H](CO)[C@@H](O)[C@H](O)[C@H]1O. The average Bonchev–Trinajstić information content (AvgIpc) is 3.64. The Labute approximate surface area is 249 Å². The van der Waals surface area contributed by atoms with E-state index >= 15 is 0 Å². The molecule has 0 saturated carbocycles. The topological polar surface area (TPSA) is 300 Å². The van der Waals surface area contributed by atoms with E-state index in [-0.39, 0.29) is 13.1 Å². The molecular formula is C24H38N8O12. The van der Waals surface area contributed by atoms with Gasteiger partial charge in [-0.15, -0.1) is 10.2 Å². The predicted octanol–water partition coefficient (Wildman–Crippen LogP) is -6.73. The summed E-state index contributed by atoms with van der Waals surface area (Å²) in [5.74, 6) is -1.20. The average molecular weight is 631 g/mol. The lowest BCUT2D eigenvalue weighted by atomic mass is 9.98. The lowest BCUT2D eigenvalue weighted by molar-refractivity contribution is -0.236. The van der Waals surface area contributed by atoms with E-state index in [0.29, 0.717) is 37.1 Å². The molecule has 0 spiro atoms. The first-order valence-corrected chi connectivity index (χ1v) is 14.0. The minimum atomic E-state index is -1.61. The van der Waals surface area contributed by atoms with E-state index in [1.54, 1.807) is 12.4 Å². The van der Waals surface area contributed by atoms with Crippen molar-refractivity contribution in [1.82, 2.24) is 40.6 Å². The van der Waals surface area contributed by atoms with Gasteiger partial charge in [0.25, 0.3) is 0 Å². The van der Waals surface area contributed by atoms with Gasteiger partial charge < -0.3 is 61.0 Å². The first-order valence-electron chi connectivity index (χ1n) is 14.0.